The first-order valence-electron chi connectivity index (χ1n) is 6.99. The highest BCUT2D eigenvalue weighted by Crippen LogP contribution is 2.10. The molecular formula is C16H23N3. The maximum Gasteiger partial charge on any atom is 0.0645 e. The SMILES string of the molecule is Cc1ccc(-n2cc(CCCNC(C)C)cn2)cc1. The molecule has 0 aliphatic carbocycles. The second kappa shape index (κ2) is 6.53. The lowest BCUT2D eigenvalue weighted by molar-refractivity contribution is 0.570. The number of benzene rings is 1. The molecule has 0 aliphatic heterocycles. The van der Waals surface area contributed by atoms with Gasteiger partial charge in [-0.2, -0.15) is 5.10 Å². The Bertz CT molecular complexity index is 497. The Balaban J connectivity index is 1.90. The molecule has 3 nitrogen and oxygen atoms in total. The van der Waals surface area contributed by atoms with E-state index in [9.17, 15) is 0 Å². The average Bonchev–Trinajstić information content (AvgIpc) is 2.84. The first-order chi connectivity index (χ1) is 9.15. The van der Waals surface area contributed by atoms with E-state index in [4.69, 9.17) is 0 Å². The number of hydrogen-bond donors (Lipinski definition) is 1. The van der Waals surface area contributed by atoms with Crippen molar-refractivity contribution in [3.63, 3.8) is 0 Å². The molecule has 0 amide bonds. The molecule has 1 N–H and O–H groups in total. The van der Waals surface area contributed by atoms with Crippen molar-refractivity contribution in [2.75, 3.05) is 6.54 Å². The Kier molecular flexibility index (Phi) is 4.74. The quantitative estimate of drug-likeness (QED) is 0.806. The highest BCUT2D eigenvalue weighted by atomic mass is 15.3. The summed E-state index contributed by atoms with van der Waals surface area (Å²) in [6.07, 6.45) is 6.32. The fourth-order valence-electron chi connectivity index (χ4n) is 2.01. The highest BCUT2D eigenvalue weighted by Gasteiger charge is 2.01. The zero-order valence-electron chi connectivity index (χ0n) is 12.1. The van der Waals surface area contributed by atoms with Gasteiger partial charge in [-0.1, -0.05) is 31.5 Å². The van der Waals surface area contributed by atoms with Crippen molar-refractivity contribution >= 4 is 0 Å². The van der Waals surface area contributed by atoms with Gasteiger partial charge in [-0.25, -0.2) is 4.68 Å². The first-order valence-corrected chi connectivity index (χ1v) is 6.99. The van der Waals surface area contributed by atoms with Gasteiger partial charge in [0, 0.05) is 12.2 Å². The third kappa shape index (κ3) is 4.21. The minimum atomic E-state index is 0.565. The van der Waals surface area contributed by atoms with E-state index >= 15 is 0 Å². The van der Waals surface area contributed by atoms with Gasteiger partial charge < -0.3 is 5.32 Å². The minimum absolute atomic E-state index is 0.565. The molecule has 0 spiro atoms. The predicted octanol–water partition coefficient (Wildman–Crippen LogP) is 3.11. The Morgan fingerprint density at radius 3 is 2.63 bits per heavy atom. The molecule has 0 fully saturated rings. The van der Waals surface area contributed by atoms with E-state index in [1.54, 1.807) is 0 Å². The largest absolute Gasteiger partial charge is 0.315 e. The highest BCUT2D eigenvalue weighted by molar-refractivity contribution is 5.33. The summed E-state index contributed by atoms with van der Waals surface area (Å²) in [5.74, 6) is 0. The second-order valence-corrected chi connectivity index (χ2v) is 5.34. The summed E-state index contributed by atoms with van der Waals surface area (Å²) in [5.41, 5.74) is 3.69. The summed E-state index contributed by atoms with van der Waals surface area (Å²) in [4.78, 5) is 0. The molecule has 1 aromatic carbocycles. The van der Waals surface area contributed by atoms with Crippen LogP contribution in [0.4, 0.5) is 0 Å². The normalized spacial score (nSPS) is 11.2. The zero-order valence-corrected chi connectivity index (χ0v) is 12.1. The third-order valence-corrected chi connectivity index (χ3v) is 3.13. The van der Waals surface area contributed by atoms with Crippen LogP contribution < -0.4 is 5.32 Å². The van der Waals surface area contributed by atoms with Crippen molar-refractivity contribution in [2.45, 2.75) is 39.7 Å². The summed E-state index contributed by atoms with van der Waals surface area (Å²) in [6.45, 7) is 7.51. The Hall–Kier alpha value is -1.61. The summed E-state index contributed by atoms with van der Waals surface area (Å²) < 4.78 is 1.95. The molecule has 0 atom stereocenters. The predicted molar refractivity (Wildman–Crippen MR) is 79.8 cm³/mol. The standard InChI is InChI=1S/C16H23N3/c1-13(2)17-10-4-5-15-11-18-19(12-15)16-8-6-14(3)7-9-16/h6-9,11-13,17H,4-5,10H2,1-3H3. The van der Waals surface area contributed by atoms with Gasteiger partial charge >= 0.3 is 0 Å². The van der Waals surface area contributed by atoms with Crippen LogP contribution in [0.25, 0.3) is 5.69 Å². The molecule has 0 unspecified atom stereocenters. The molecule has 0 radical (unpaired) electrons. The number of nitrogens with one attached hydrogen (secondary N) is 1. The van der Waals surface area contributed by atoms with Gasteiger partial charge in [0.25, 0.3) is 0 Å². The molecule has 1 heterocycles. The van der Waals surface area contributed by atoms with Crippen LogP contribution in [0.5, 0.6) is 0 Å². The van der Waals surface area contributed by atoms with Crippen LogP contribution in [0.3, 0.4) is 0 Å². The number of aromatic nitrogens is 2. The molecule has 2 aromatic rings. The van der Waals surface area contributed by atoms with Gasteiger partial charge in [-0.15, -0.1) is 0 Å². The van der Waals surface area contributed by atoms with Gasteiger partial charge in [0.15, 0.2) is 0 Å². The number of nitrogens with zero attached hydrogens (tertiary/aromatic N) is 2. The van der Waals surface area contributed by atoms with E-state index in [0.717, 1.165) is 25.1 Å². The zero-order chi connectivity index (χ0) is 13.7. The van der Waals surface area contributed by atoms with Crippen molar-refractivity contribution in [3.05, 3.63) is 47.8 Å². The van der Waals surface area contributed by atoms with E-state index < -0.39 is 0 Å². The van der Waals surface area contributed by atoms with Crippen LogP contribution in [0.15, 0.2) is 36.7 Å². The lowest BCUT2D eigenvalue weighted by Crippen LogP contribution is -2.23. The van der Waals surface area contributed by atoms with Crippen LogP contribution >= 0.6 is 0 Å². The monoisotopic (exact) mass is 257 g/mol. The molecule has 19 heavy (non-hydrogen) atoms. The Labute approximate surface area is 115 Å². The summed E-state index contributed by atoms with van der Waals surface area (Å²) in [7, 11) is 0. The molecular weight excluding hydrogens is 234 g/mol. The summed E-state index contributed by atoms with van der Waals surface area (Å²) in [6, 6.07) is 9.00. The van der Waals surface area contributed by atoms with E-state index in [-0.39, 0.29) is 0 Å². The van der Waals surface area contributed by atoms with Crippen molar-refractivity contribution in [1.29, 1.82) is 0 Å². The van der Waals surface area contributed by atoms with E-state index in [1.807, 2.05) is 10.9 Å². The van der Waals surface area contributed by atoms with Crippen LogP contribution in [0, 0.1) is 6.92 Å². The molecule has 0 saturated carbocycles. The number of rotatable bonds is 6. The van der Waals surface area contributed by atoms with Crippen molar-refractivity contribution in [2.24, 2.45) is 0 Å². The molecule has 2 rings (SSSR count). The van der Waals surface area contributed by atoms with Gasteiger partial charge in [0.2, 0.25) is 0 Å². The van der Waals surface area contributed by atoms with Crippen molar-refractivity contribution < 1.29 is 0 Å². The van der Waals surface area contributed by atoms with E-state index in [0.29, 0.717) is 6.04 Å². The molecule has 1 aromatic heterocycles. The number of aryl methyl sites for hydroxylation is 2. The first kappa shape index (κ1) is 13.8. The average molecular weight is 257 g/mol. The lowest BCUT2D eigenvalue weighted by atomic mass is 10.2. The van der Waals surface area contributed by atoms with Gasteiger partial charge in [0.1, 0.15) is 0 Å². The smallest absolute Gasteiger partial charge is 0.0645 e. The fourth-order valence-corrected chi connectivity index (χ4v) is 2.01. The molecule has 0 saturated heterocycles. The Morgan fingerprint density at radius 1 is 1.21 bits per heavy atom. The maximum absolute atomic E-state index is 4.43. The summed E-state index contributed by atoms with van der Waals surface area (Å²) >= 11 is 0. The second-order valence-electron chi connectivity index (χ2n) is 5.34. The van der Waals surface area contributed by atoms with E-state index in [1.165, 1.54) is 11.1 Å². The topological polar surface area (TPSA) is 29.9 Å². The maximum atomic E-state index is 4.43. The number of hydrogen-bond acceptors (Lipinski definition) is 2. The Morgan fingerprint density at radius 2 is 1.95 bits per heavy atom. The molecule has 3 heteroatoms. The van der Waals surface area contributed by atoms with Gasteiger partial charge in [-0.05, 0) is 44.0 Å². The van der Waals surface area contributed by atoms with Crippen molar-refractivity contribution in [1.82, 2.24) is 15.1 Å². The fraction of sp³-hybridized carbons (Fsp3) is 0.438. The molecule has 0 bridgehead atoms. The van der Waals surface area contributed by atoms with Gasteiger partial charge in [0.05, 0.1) is 11.9 Å². The third-order valence-electron chi connectivity index (χ3n) is 3.13. The molecule has 102 valence electrons. The van der Waals surface area contributed by atoms with Crippen LogP contribution in [-0.4, -0.2) is 22.4 Å². The van der Waals surface area contributed by atoms with E-state index in [2.05, 4.69) is 61.6 Å². The summed E-state index contributed by atoms with van der Waals surface area (Å²) in [5, 5.41) is 7.86. The molecule has 0 aliphatic rings. The lowest BCUT2D eigenvalue weighted by Gasteiger charge is -2.06. The van der Waals surface area contributed by atoms with Crippen LogP contribution in [0.1, 0.15) is 31.4 Å². The minimum Gasteiger partial charge on any atom is -0.315 e. The van der Waals surface area contributed by atoms with Gasteiger partial charge in [-0.3, -0.25) is 0 Å². The van der Waals surface area contributed by atoms with Crippen LogP contribution in [0.2, 0.25) is 0 Å². The van der Waals surface area contributed by atoms with Crippen molar-refractivity contribution in [3.8, 4) is 5.69 Å². The van der Waals surface area contributed by atoms with Crippen LogP contribution in [-0.2, 0) is 6.42 Å².